The maximum absolute atomic E-state index is 13.3. The lowest BCUT2D eigenvalue weighted by atomic mass is 9.91. The van der Waals surface area contributed by atoms with E-state index in [1.165, 1.54) is 24.3 Å². The van der Waals surface area contributed by atoms with Crippen molar-refractivity contribution in [1.29, 1.82) is 0 Å². The molecular formula is C22H22N2O6. The van der Waals surface area contributed by atoms with Gasteiger partial charge in [0.05, 0.1) is 11.5 Å². The molecule has 0 bridgehead atoms. The minimum Gasteiger partial charge on any atom is -0.464 e. The van der Waals surface area contributed by atoms with Crippen molar-refractivity contribution in [2.75, 3.05) is 6.61 Å². The van der Waals surface area contributed by atoms with E-state index in [9.17, 15) is 19.7 Å². The van der Waals surface area contributed by atoms with Gasteiger partial charge in [-0.1, -0.05) is 36.4 Å². The van der Waals surface area contributed by atoms with Crippen LogP contribution in [0.25, 0.3) is 0 Å². The number of ether oxygens (including phenoxy) is 2. The molecule has 0 spiro atoms. The van der Waals surface area contributed by atoms with Crippen LogP contribution in [0.15, 0.2) is 61.2 Å². The molecule has 2 aromatic rings. The molecule has 1 aliphatic heterocycles. The van der Waals surface area contributed by atoms with E-state index in [-0.39, 0.29) is 37.6 Å². The number of nitrogens with zero attached hydrogens (tertiary/aromatic N) is 2. The molecule has 2 aromatic carbocycles. The van der Waals surface area contributed by atoms with Gasteiger partial charge in [0.15, 0.2) is 0 Å². The molecule has 156 valence electrons. The van der Waals surface area contributed by atoms with Crippen molar-refractivity contribution in [3.05, 3.63) is 82.4 Å². The summed E-state index contributed by atoms with van der Waals surface area (Å²) in [7, 11) is 0. The lowest BCUT2D eigenvalue weighted by Crippen LogP contribution is -2.60. The van der Waals surface area contributed by atoms with Gasteiger partial charge in [-0.15, -0.1) is 6.58 Å². The molecule has 0 saturated carbocycles. The van der Waals surface area contributed by atoms with Gasteiger partial charge >= 0.3 is 11.9 Å². The Morgan fingerprint density at radius 1 is 1.33 bits per heavy atom. The van der Waals surface area contributed by atoms with Crippen molar-refractivity contribution in [1.82, 2.24) is 4.90 Å². The van der Waals surface area contributed by atoms with Crippen LogP contribution in [-0.2, 0) is 27.4 Å². The first kappa shape index (κ1) is 21.2. The first-order valence-electron chi connectivity index (χ1n) is 9.49. The van der Waals surface area contributed by atoms with E-state index in [4.69, 9.17) is 9.47 Å². The minimum atomic E-state index is -1.76. The molecule has 1 heterocycles. The molecule has 0 aliphatic carbocycles. The van der Waals surface area contributed by atoms with E-state index in [0.717, 1.165) is 5.56 Å². The van der Waals surface area contributed by atoms with E-state index in [1.54, 1.807) is 11.8 Å². The molecule has 0 aromatic heterocycles. The van der Waals surface area contributed by atoms with Gasteiger partial charge in [0.2, 0.25) is 5.54 Å². The highest BCUT2D eigenvalue weighted by atomic mass is 16.6. The van der Waals surface area contributed by atoms with Crippen LogP contribution in [0.2, 0.25) is 0 Å². The number of benzene rings is 2. The number of hydrogen-bond donors (Lipinski definition) is 0. The number of rotatable bonds is 7. The van der Waals surface area contributed by atoms with Crippen LogP contribution >= 0.6 is 0 Å². The van der Waals surface area contributed by atoms with Crippen LogP contribution in [0.4, 0.5) is 5.69 Å². The molecule has 1 atom stereocenters. The third-order valence-corrected chi connectivity index (χ3v) is 4.97. The Morgan fingerprint density at radius 3 is 2.70 bits per heavy atom. The second kappa shape index (κ2) is 8.87. The molecule has 0 fully saturated rings. The summed E-state index contributed by atoms with van der Waals surface area (Å²) in [6.45, 7) is 5.74. The van der Waals surface area contributed by atoms with Crippen molar-refractivity contribution in [3.8, 4) is 5.75 Å². The highest BCUT2D eigenvalue weighted by Gasteiger charge is 2.54. The minimum absolute atomic E-state index is 0.0341. The van der Waals surface area contributed by atoms with E-state index in [2.05, 4.69) is 6.58 Å². The zero-order valence-electron chi connectivity index (χ0n) is 16.6. The Hall–Kier alpha value is -3.52. The van der Waals surface area contributed by atoms with Crippen LogP contribution in [0.5, 0.6) is 5.75 Å². The van der Waals surface area contributed by atoms with Crippen molar-refractivity contribution in [2.24, 2.45) is 0 Å². The van der Waals surface area contributed by atoms with Gasteiger partial charge < -0.3 is 9.47 Å². The number of fused-ring (bicyclic) bond motifs is 1. The fourth-order valence-electron chi connectivity index (χ4n) is 3.52. The number of esters is 2. The Kier molecular flexibility index (Phi) is 6.27. The summed E-state index contributed by atoms with van der Waals surface area (Å²) in [5.74, 6) is -1.36. The quantitative estimate of drug-likeness (QED) is 0.172. The summed E-state index contributed by atoms with van der Waals surface area (Å²) in [6, 6.07) is 13.3. The van der Waals surface area contributed by atoms with Crippen molar-refractivity contribution < 1.29 is 24.0 Å². The summed E-state index contributed by atoms with van der Waals surface area (Å²) in [6.07, 6.45) is 1.43. The van der Waals surface area contributed by atoms with Gasteiger partial charge in [-0.2, -0.15) is 0 Å². The van der Waals surface area contributed by atoms with Crippen LogP contribution < -0.4 is 4.74 Å². The van der Waals surface area contributed by atoms with Crippen molar-refractivity contribution >= 4 is 17.6 Å². The van der Waals surface area contributed by atoms with E-state index >= 15 is 0 Å². The standard InChI is InChI=1S/C22H22N2O6/c1-3-12-22(20(25)29-4-2)21(26)30-19-11-10-18(24(27)28)13-17(19)15-23(22)14-16-8-6-5-7-9-16/h3,5-11,13H,1,4,12,14-15H2,2H3. The second-order valence-corrected chi connectivity index (χ2v) is 6.85. The molecule has 0 saturated heterocycles. The Morgan fingerprint density at radius 2 is 2.07 bits per heavy atom. The normalized spacial score (nSPS) is 18.6. The zero-order valence-corrected chi connectivity index (χ0v) is 16.6. The maximum atomic E-state index is 13.3. The molecule has 0 N–H and O–H groups in total. The second-order valence-electron chi connectivity index (χ2n) is 6.85. The van der Waals surface area contributed by atoms with Gasteiger partial charge in [-0.3, -0.25) is 15.0 Å². The van der Waals surface area contributed by atoms with Crippen molar-refractivity contribution in [2.45, 2.75) is 32.0 Å². The Labute approximate surface area is 173 Å². The largest absolute Gasteiger partial charge is 0.464 e. The highest BCUT2D eigenvalue weighted by Crippen LogP contribution is 2.36. The van der Waals surface area contributed by atoms with E-state index in [0.29, 0.717) is 5.56 Å². The summed E-state index contributed by atoms with van der Waals surface area (Å²) in [4.78, 5) is 38.7. The summed E-state index contributed by atoms with van der Waals surface area (Å²) < 4.78 is 10.8. The third kappa shape index (κ3) is 3.95. The van der Waals surface area contributed by atoms with Gasteiger partial charge in [-0.05, 0) is 18.6 Å². The van der Waals surface area contributed by atoms with Gasteiger partial charge in [0.1, 0.15) is 5.75 Å². The molecule has 1 unspecified atom stereocenters. The number of nitro benzene ring substituents is 1. The number of hydrogen-bond acceptors (Lipinski definition) is 7. The predicted octanol–water partition coefficient (Wildman–Crippen LogP) is 3.39. The SMILES string of the molecule is C=CCC1(C(=O)OCC)C(=O)Oc2ccc([N+](=O)[O-])cc2CN1Cc1ccccc1. The lowest BCUT2D eigenvalue weighted by Gasteiger charge is -2.37. The number of carbonyl (C=O) groups excluding carboxylic acids is 2. The molecule has 3 rings (SSSR count). The highest BCUT2D eigenvalue weighted by molar-refractivity contribution is 6.06. The molecule has 0 radical (unpaired) electrons. The summed E-state index contributed by atoms with van der Waals surface area (Å²) >= 11 is 0. The monoisotopic (exact) mass is 410 g/mol. The fraction of sp³-hybridized carbons (Fsp3) is 0.273. The van der Waals surface area contributed by atoms with Gasteiger partial charge in [0, 0.05) is 37.2 Å². The molecule has 30 heavy (non-hydrogen) atoms. The summed E-state index contributed by atoms with van der Waals surface area (Å²) in [5.41, 5.74) is -0.598. The molecule has 8 nitrogen and oxygen atoms in total. The average Bonchev–Trinajstić information content (AvgIpc) is 2.84. The van der Waals surface area contributed by atoms with Crippen LogP contribution in [-0.4, -0.2) is 33.9 Å². The average molecular weight is 410 g/mol. The Bertz CT molecular complexity index is 975. The molecule has 0 amide bonds. The third-order valence-electron chi connectivity index (χ3n) is 4.97. The zero-order chi connectivity index (χ0) is 21.7. The van der Waals surface area contributed by atoms with E-state index < -0.39 is 22.4 Å². The number of non-ortho nitro benzene ring substituents is 1. The van der Waals surface area contributed by atoms with Crippen LogP contribution in [0.1, 0.15) is 24.5 Å². The topological polar surface area (TPSA) is 99.0 Å². The van der Waals surface area contributed by atoms with Crippen LogP contribution in [0.3, 0.4) is 0 Å². The first-order chi connectivity index (χ1) is 14.4. The van der Waals surface area contributed by atoms with E-state index in [1.807, 2.05) is 30.3 Å². The molecular weight excluding hydrogens is 388 g/mol. The lowest BCUT2D eigenvalue weighted by molar-refractivity contribution is -0.384. The maximum Gasteiger partial charge on any atom is 0.344 e. The Balaban J connectivity index is 2.15. The van der Waals surface area contributed by atoms with Crippen molar-refractivity contribution in [3.63, 3.8) is 0 Å². The predicted molar refractivity (Wildman–Crippen MR) is 109 cm³/mol. The van der Waals surface area contributed by atoms with Crippen LogP contribution in [0, 0.1) is 10.1 Å². The summed E-state index contributed by atoms with van der Waals surface area (Å²) in [5, 5.41) is 11.2. The number of carbonyl (C=O) groups is 2. The van der Waals surface area contributed by atoms with Gasteiger partial charge in [-0.25, -0.2) is 9.59 Å². The number of nitro groups is 1. The first-order valence-corrected chi connectivity index (χ1v) is 9.49. The molecule has 1 aliphatic rings. The van der Waals surface area contributed by atoms with Gasteiger partial charge in [0.25, 0.3) is 5.69 Å². The smallest absolute Gasteiger partial charge is 0.344 e. The molecule has 8 heteroatoms. The fourth-order valence-corrected chi connectivity index (χ4v) is 3.52.